The molecule has 2 N–H and O–H groups in total. The van der Waals surface area contributed by atoms with Crippen molar-refractivity contribution in [2.75, 3.05) is 6.54 Å². The molecule has 0 spiro atoms. The minimum atomic E-state index is -0.131. The molecular weight excluding hydrogens is 234 g/mol. The summed E-state index contributed by atoms with van der Waals surface area (Å²) in [4.78, 5) is 8.38. The smallest absolute Gasteiger partial charge is 0.256 e. The number of nitrogens with two attached hydrogens (primary N) is 1. The van der Waals surface area contributed by atoms with Crippen molar-refractivity contribution in [3.8, 4) is 11.5 Å². The first-order valence-corrected chi connectivity index (χ1v) is 5.93. The molecule has 3 rings (SSSR count). The van der Waals surface area contributed by atoms with Crippen LogP contribution < -0.4 is 5.73 Å². The average molecular weight is 249 g/mol. The van der Waals surface area contributed by atoms with Crippen molar-refractivity contribution in [2.45, 2.75) is 25.0 Å². The summed E-state index contributed by atoms with van der Waals surface area (Å²) < 4.78 is 12.8. The molecule has 1 saturated heterocycles. The standard InChI is InChI=1S/C11H15N5O2/c1-16-6-13-5-8(16)10-14-11(18-15-10)9-3-2-7(4-12)17-9/h5-7,9H,2-4,12H2,1H3. The first-order valence-electron chi connectivity index (χ1n) is 5.93. The lowest BCUT2D eigenvalue weighted by Crippen LogP contribution is -2.18. The van der Waals surface area contributed by atoms with E-state index in [1.54, 1.807) is 12.5 Å². The van der Waals surface area contributed by atoms with Gasteiger partial charge in [0.05, 0.1) is 18.6 Å². The molecule has 3 heterocycles. The van der Waals surface area contributed by atoms with Gasteiger partial charge in [0, 0.05) is 13.6 Å². The van der Waals surface area contributed by atoms with Gasteiger partial charge in [-0.25, -0.2) is 4.98 Å². The number of hydrogen-bond acceptors (Lipinski definition) is 6. The second-order valence-corrected chi connectivity index (χ2v) is 4.41. The van der Waals surface area contributed by atoms with E-state index in [4.69, 9.17) is 15.0 Å². The van der Waals surface area contributed by atoms with Crippen LogP contribution in [0.5, 0.6) is 0 Å². The van der Waals surface area contributed by atoms with Crippen molar-refractivity contribution in [1.82, 2.24) is 19.7 Å². The zero-order valence-electron chi connectivity index (χ0n) is 10.1. The third-order valence-electron chi connectivity index (χ3n) is 3.13. The SMILES string of the molecule is Cn1cncc1-c1noc(C2CCC(CN)O2)n1. The van der Waals surface area contributed by atoms with Crippen molar-refractivity contribution < 1.29 is 9.26 Å². The van der Waals surface area contributed by atoms with Gasteiger partial charge in [-0.1, -0.05) is 5.16 Å². The van der Waals surface area contributed by atoms with Crippen LogP contribution in [0.25, 0.3) is 11.5 Å². The van der Waals surface area contributed by atoms with Crippen molar-refractivity contribution >= 4 is 0 Å². The predicted molar refractivity (Wildman–Crippen MR) is 62.4 cm³/mol. The van der Waals surface area contributed by atoms with E-state index in [1.165, 1.54) is 0 Å². The summed E-state index contributed by atoms with van der Waals surface area (Å²) in [6.45, 7) is 0.527. The molecule has 96 valence electrons. The van der Waals surface area contributed by atoms with E-state index in [0.717, 1.165) is 18.5 Å². The van der Waals surface area contributed by atoms with Crippen molar-refractivity contribution in [3.05, 3.63) is 18.4 Å². The van der Waals surface area contributed by atoms with E-state index in [0.29, 0.717) is 18.3 Å². The minimum absolute atomic E-state index is 0.0991. The Morgan fingerprint density at radius 3 is 3.06 bits per heavy atom. The summed E-state index contributed by atoms with van der Waals surface area (Å²) >= 11 is 0. The third-order valence-corrected chi connectivity index (χ3v) is 3.13. The number of ether oxygens (including phenoxy) is 1. The molecule has 2 unspecified atom stereocenters. The predicted octanol–water partition coefficient (Wildman–Crippen LogP) is 0.649. The highest BCUT2D eigenvalue weighted by Gasteiger charge is 2.30. The Morgan fingerprint density at radius 1 is 1.50 bits per heavy atom. The maximum absolute atomic E-state index is 5.71. The van der Waals surface area contributed by atoms with Gasteiger partial charge in [-0.15, -0.1) is 0 Å². The normalized spacial score (nSPS) is 23.7. The summed E-state index contributed by atoms with van der Waals surface area (Å²) in [5.41, 5.74) is 6.39. The van der Waals surface area contributed by atoms with Crippen LogP contribution in [0.15, 0.2) is 17.0 Å². The van der Waals surface area contributed by atoms with Crippen LogP contribution in [-0.2, 0) is 11.8 Å². The Labute approximate surface area is 104 Å². The number of aryl methyl sites for hydroxylation is 1. The third kappa shape index (κ3) is 1.91. The van der Waals surface area contributed by atoms with Crippen LogP contribution in [0.3, 0.4) is 0 Å². The maximum Gasteiger partial charge on any atom is 0.256 e. The molecule has 0 saturated carbocycles. The maximum atomic E-state index is 5.71. The molecule has 0 radical (unpaired) electrons. The van der Waals surface area contributed by atoms with E-state index in [1.807, 2.05) is 11.6 Å². The van der Waals surface area contributed by atoms with Gasteiger partial charge >= 0.3 is 0 Å². The Morgan fingerprint density at radius 2 is 2.39 bits per heavy atom. The molecule has 7 heteroatoms. The second-order valence-electron chi connectivity index (χ2n) is 4.41. The van der Waals surface area contributed by atoms with E-state index in [9.17, 15) is 0 Å². The Bertz CT molecular complexity index is 535. The lowest BCUT2D eigenvalue weighted by atomic mass is 10.2. The molecule has 1 aliphatic heterocycles. The first-order chi connectivity index (χ1) is 8.78. The number of hydrogen-bond donors (Lipinski definition) is 1. The highest BCUT2D eigenvalue weighted by molar-refractivity contribution is 5.47. The van der Waals surface area contributed by atoms with Crippen molar-refractivity contribution in [2.24, 2.45) is 12.8 Å². The summed E-state index contributed by atoms with van der Waals surface area (Å²) in [6, 6.07) is 0. The van der Waals surface area contributed by atoms with Gasteiger partial charge in [0.25, 0.3) is 5.89 Å². The molecule has 2 atom stereocenters. The first kappa shape index (κ1) is 11.4. The van der Waals surface area contributed by atoms with Gasteiger partial charge in [0.15, 0.2) is 0 Å². The highest BCUT2D eigenvalue weighted by Crippen LogP contribution is 2.32. The molecule has 1 fully saturated rings. The molecular formula is C11H15N5O2. The van der Waals surface area contributed by atoms with Gasteiger partial charge in [0.1, 0.15) is 11.8 Å². The molecule has 18 heavy (non-hydrogen) atoms. The van der Waals surface area contributed by atoms with E-state index >= 15 is 0 Å². The van der Waals surface area contributed by atoms with Gasteiger partial charge in [-0.05, 0) is 12.8 Å². The van der Waals surface area contributed by atoms with Gasteiger partial charge in [-0.2, -0.15) is 4.98 Å². The Balaban J connectivity index is 1.80. The van der Waals surface area contributed by atoms with Gasteiger partial charge < -0.3 is 19.6 Å². The number of rotatable bonds is 3. The van der Waals surface area contributed by atoms with E-state index in [2.05, 4.69) is 15.1 Å². The summed E-state index contributed by atoms with van der Waals surface area (Å²) in [5.74, 6) is 1.05. The average Bonchev–Trinajstić information content (AvgIpc) is 3.07. The quantitative estimate of drug-likeness (QED) is 0.858. The van der Waals surface area contributed by atoms with Crippen LogP contribution in [0.1, 0.15) is 24.8 Å². The van der Waals surface area contributed by atoms with Crippen molar-refractivity contribution in [1.29, 1.82) is 0 Å². The molecule has 1 aliphatic rings. The van der Waals surface area contributed by atoms with Crippen LogP contribution in [0, 0.1) is 0 Å². The summed E-state index contributed by atoms with van der Waals surface area (Å²) in [7, 11) is 1.88. The molecule has 0 aromatic carbocycles. The molecule has 0 bridgehead atoms. The van der Waals surface area contributed by atoms with Crippen LogP contribution in [0.2, 0.25) is 0 Å². The fourth-order valence-electron chi connectivity index (χ4n) is 2.10. The highest BCUT2D eigenvalue weighted by atomic mass is 16.5. The minimum Gasteiger partial charge on any atom is -0.364 e. The topological polar surface area (TPSA) is 92.0 Å². The number of nitrogens with zero attached hydrogens (tertiary/aromatic N) is 4. The zero-order chi connectivity index (χ0) is 12.5. The molecule has 2 aromatic heterocycles. The molecule has 0 amide bonds. The molecule has 7 nitrogen and oxygen atoms in total. The van der Waals surface area contributed by atoms with Crippen LogP contribution in [-0.4, -0.2) is 32.3 Å². The van der Waals surface area contributed by atoms with Gasteiger partial charge in [0.2, 0.25) is 5.82 Å². The Kier molecular flexibility index (Phi) is 2.85. The second kappa shape index (κ2) is 4.51. The zero-order valence-corrected chi connectivity index (χ0v) is 10.1. The van der Waals surface area contributed by atoms with E-state index < -0.39 is 0 Å². The monoisotopic (exact) mass is 249 g/mol. The summed E-state index contributed by atoms with van der Waals surface area (Å²) in [5, 5.41) is 3.96. The van der Waals surface area contributed by atoms with E-state index in [-0.39, 0.29) is 12.2 Å². The van der Waals surface area contributed by atoms with Crippen LogP contribution in [0.4, 0.5) is 0 Å². The lowest BCUT2D eigenvalue weighted by molar-refractivity contribution is 0.0307. The van der Waals surface area contributed by atoms with Crippen LogP contribution >= 0.6 is 0 Å². The van der Waals surface area contributed by atoms with Gasteiger partial charge in [-0.3, -0.25) is 0 Å². The Hall–Kier alpha value is -1.73. The fourth-order valence-corrected chi connectivity index (χ4v) is 2.10. The molecule has 2 aromatic rings. The number of imidazole rings is 1. The summed E-state index contributed by atoms with van der Waals surface area (Å²) in [6.07, 6.45) is 5.17. The molecule has 0 aliphatic carbocycles. The van der Waals surface area contributed by atoms with Crippen molar-refractivity contribution in [3.63, 3.8) is 0 Å². The lowest BCUT2D eigenvalue weighted by Gasteiger charge is -2.07. The number of aromatic nitrogens is 4. The fraction of sp³-hybridized carbons (Fsp3) is 0.545. The largest absolute Gasteiger partial charge is 0.364 e.